The lowest BCUT2D eigenvalue weighted by atomic mass is 10.4. The van der Waals surface area contributed by atoms with E-state index in [4.69, 9.17) is 0 Å². The summed E-state index contributed by atoms with van der Waals surface area (Å²) in [5.41, 5.74) is -0.384. The molecule has 0 radical (unpaired) electrons. The van der Waals surface area contributed by atoms with Crippen molar-refractivity contribution in [3.05, 3.63) is 24.0 Å². The van der Waals surface area contributed by atoms with Gasteiger partial charge in [0, 0.05) is 6.07 Å². The van der Waals surface area contributed by atoms with Crippen molar-refractivity contribution in [2.24, 2.45) is 0 Å². The van der Waals surface area contributed by atoms with Gasteiger partial charge in [0.15, 0.2) is 5.82 Å². The van der Waals surface area contributed by atoms with Gasteiger partial charge in [-0.15, -0.1) is 0 Å². The number of pyridine rings is 1. The number of ether oxygens (including phenoxy) is 1. The van der Waals surface area contributed by atoms with Crippen molar-refractivity contribution in [2.75, 3.05) is 11.9 Å². The number of hydrogen-bond donors (Lipinski definition) is 1. The monoisotopic (exact) mass is 244 g/mol. The van der Waals surface area contributed by atoms with Gasteiger partial charge in [-0.25, -0.2) is 14.2 Å². The van der Waals surface area contributed by atoms with Crippen LogP contribution in [0.5, 0.6) is 0 Å². The van der Waals surface area contributed by atoms with Crippen molar-refractivity contribution in [3.8, 4) is 0 Å². The summed E-state index contributed by atoms with van der Waals surface area (Å²) in [6, 6.07) is 0.493. The Bertz CT molecular complexity index is 438. The first-order chi connectivity index (χ1) is 8.04. The molecule has 1 N–H and O–H groups in total. The number of carbonyl (C=O) groups is 2. The van der Waals surface area contributed by atoms with Crippen LogP contribution in [-0.4, -0.2) is 23.5 Å². The van der Waals surface area contributed by atoms with Gasteiger partial charge in [0.05, 0.1) is 18.5 Å². The molecular weight excluding hydrogens is 234 g/mol. The molecule has 0 saturated carbocycles. The molecule has 0 aliphatic rings. The number of nitrogens with one attached hydrogen (secondary N) is 1. The zero-order valence-electron chi connectivity index (χ0n) is 9.00. The minimum atomic E-state index is -1.13. The second-order valence-electron chi connectivity index (χ2n) is 3.08. The zero-order chi connectivity index (χ0) is 12.8. The Labute approximate surface area is 95.8 Å². The third kappa shape index (κ3) is 3.78. The Hall–Kier alpha value is -2.05. The van der Waals surface area contributed by atoms with Crippen LogP contribution in [0.2, 0.25) is 0 Å². The van der Waals surface area contributed by atoms with Crippen molar-refractivity contribution in [3.63, 3.8) is 0 Å². The summed E-state index contributed by atoms with van der Waals surface area (Å²) < 4.78 is 30.1. The Kier molecular flexibility index (Phi) is 4.50. The molecule has 1 rings (SSSR count). The maximum atomic E-state index is 13.1. The smallest absolute Gasteiger partial charge is 0.397 e. The summed E-state index contributed by atoms with van der Waals surface area (Å²) >= 11 is 0. The molecule has 92 valence electrons. The van der Waals surface area contributed by atoms with Gasteiger partial charge in [0.25, 0.3) is 0 Å². The maximum absolute atomic E-state index is 13.1. The van der Waals surface area contributed by atoms with E-state index in [0.29, 0.717) is 12.5 Å². The van der Waals surface area contributed by atoms with E-state index in [1.807, 2.05) is 5.32 Å². The van der Waals surface area contributed by atoms with Gasteiger partial charge < -0.3 is 10.1 Å². The molecule has 0 aromatic carbocycles. The Morgan fingerprint density at radius 2 is 2.18 bits per heavy atom. The van der Waals surface area contributed by atoms with E-state index in [1.54, 1.807) is 6.92 Å². The van der Waals surface area contributed by atoms with Gasteiger partial charge in [-0.05, 0) is 6.42 Å². The molecule has 1 aromatic rings. The standard InChI is InChI=1S/C10H10F2N2O3/c1-2-3-17-10(16)9(15)14-7-5-13-8(12)4-6(7)11/h4-5H,2-3H2,1H3,(H,14,15). The van der Waals surface area contributed by atoms with Crippen LogP contribution in [-0.2, 0) is 14.3 Å². The Balaban J connectivity index is 2.64. The molecule has 0 spiro atoms. The maximum Gasteiger partial charge on any atom is 0.397 e. The summed E-state index contributed by atoms with van der Waals surface area (Å²) in [5.74, 6) is -4.30. The second-order valence-corrected chi connectivity index (χ2v) is 3.08. The van der Waals surface area contributed by atoms with Crippen LogP contribution in [0.3, 0.4) is 0 Å². The van der Waals surface area contributed by atoms with Gasteiger partial charge in [0.2, 0.25) is 5.95 Å². The molecule has 17 heavy (non-hydrogen) atoms. The van der Waals surface area contributed by atoms with E-state index in [9.17, 15) is 18.4 Å². The predicted octanol–water partition coefficient (Wildman–Crippen LogP) is 1.25. The van der Waals surface area contributed by atoms with Crippen molar-refractivity contribution in [1.82, 2.24) is 4.98 Å². The van der Waals surface area contributed by atoms with Crippen LogP contribution in [0, 0.1) is 11.8 Å². The number of amides is 1. The third-order valence-corrected chi connectivity index (χ3v) is 1.69. The van der Waals surface area contributed by atoms with Crippen LogP contribution < -0.4 is 5.32 Å². The molecule has 7 heteroatoms. The number of anilines is 1. The fourth-order valence-corrected chi connectivity index (χ4v) is 0.933. The van der Waals surface area contributed by atoms with E-state index >= 15 is 0 Å². The average molecular weight is 244 g/mol. The molecule has 0 fully saturated rings. The SMILES string of the molecule is CCCOC(=O)C(=O)Nc1cnc(F)cc1F. The highest BCUT2D eigenvalue weighted by molar-refractivity contribution is 6.37. The number of aromatic nitrogens is 1. The lowest BCUT2D eigenvalue weighted by Crippen LogP contribution is -2.25. The van der Waals surface area contributed by atoms with Crippen LogP contribution in [0.15, 0.2) is 12.3 Å². The Morgan fingerprint density at radius 1 is 1.47 bits per heavy atom. The molecular formula is C10H10F2N2O3. The number of hydrogen-bond acceptors (Lipinski definition) is 4. The fraction of sp³-hybridized carbons (Fsp3) is 0.300. The molecule has 0 saturated heterocycles. The van der Waals surface area contributed by atoms with Crippen molar-refractivity contribution >= 4 is 17.6 Å². The van der Waals surface area contributed by atoms with E-state index < -0.39 is 23.6 Å². The van der Waals surface area contributed by atoms with E-state index in [1.165, 1.54) is 0 Å². The summed E-state index contributed by atoms with van der Waals surface area (Å²) in [6.07, 6.45) is 1.33. The highest BCUT2D eigenvalue weighted by Gasteiger charge is 2.17. The van der Waals surface area contributed by atoms with Crippen LogP contribution in [0.25, 0.3) is 0 Å². The molecule has 1 heterocycles. The van der Waals surface area contributed by atoms with Crippen LogP contribution in [0.4, 0.5) is 14.5 Å². The van der Waals surface area contributed by atoms with Gasteiger partial charge >= 0.3 is 11.9 Å². The van der Waals surface area contributed by atoms with Crippen LogP contribution in [0.1, 0.15) is 13.3 Å². The number of rotatable bonds is 3. The second kappa shape index (κ2) is 5.88. The highest BCUT2D eigenvalue weighted by atomic mass is 19.1. The predicted molar refractivity (Wildman–Crippen MR) is 54.0 cm³/mol. The number of nitrogens with zero attached hydrogens (tertiary/aromatic N) is 1. The summed E-state index contributed by atoms with van der Waals surface area (Å²) in [7, 11) is 0. The van der Waals surface area contributed by atoms with Gasteiger partial charge in [-0.3, -0.25) is 4.79 Å². The number of carbonyl (C=O) groups excluding carboxylic acids is 2. The summed E-state index contributed by atoms with van der Waals surface area (Å²) in [5, 5.41) is 1.93. The van der Waals surface area contributed by atoms with E-state index in [2.05, 4.69) is 9.72 Å². The minimum Gasteiger partial charge on any atom is -0.459 e. The first-order valence-electron chi connectivity index (χ1n) is 4.83. The molecule has 0 unspecified atom stereocenters. The highest BCUT2D eigenvalue weighted by Crippen LogP contribution is 2.12. The van der Waals surface area contributed by atoms with Gasteiger partial charge in [-0.1, -0.05) is 6.92 Å². The summed E-state index contributed by atoms with van der Waals surface area (Å²) in [4.78, 5) is 25.4. The normalized spacial score (nSPS) is 9.82. The first-order valence-corrected chi connectivity index (χ1v) is 4.83. The Morgan fingerprint density at radius 3 is 2.76 bits per heavy atom. The van der Waals surface area contributed by atoms with Crippen molar-refractivity contribution in [2.45, 2.75) is 13.3 Å². The molecule has 1 aromatic heterocycles. The topological polar surface area (TPSA) is 68.3 Å². The average Bonchev–Trinajstić information content (AvgIpc) is 2.29. The quantitative estimate of drug-likeness (QED) is 0.493. The molecule has 1 amide bonds. The molecule has 0 aliphatic carbocycles. The molecule has 0 aliphatic heterocycles. The van der Waals surface area contributed by atoms with E-state index in [0.717, 1.165) is 6.20 Å². The molecule has 5 nitrogen and oxygen atoms in total. The largest absolute Gasteiger partial charge is 0.459 e. The first kappa shape index (κ1) is 13.0. The molecule has 0 atom stereocenters. The molecule has 0 bridgehead atoms. The fourth-order valence-electron chi connectivity index (χ4n) is 0.933. The van der Waals surface area contributed by atoms with Gasteiger partial charge in [0.1, 0.15) is 0 Å². The van der Waals surface area contributed by atoms with E-state index in [-0.39, 0.29) is 12.3 Å². The van der Waals surface area contributed by atoms with Crippen LogP contribution >= 0.6 is 0 Å². The number of esters is 1. The lowest BCUT2D eigenvalue weighted by molar-refractivity contribution is -0.152. The minimum absolute atomic E-state index is 0.0937. The van der Waals surface area contributed by atoms with Crippen molar-refractivity contribution < 1.29 is 23.1 Å². The third-order valence-electron chi connectivity index (χ3n) is 1.69. The van der Waals surface area contributed by atoms with Crippen molar-refractivity contribution in [1.29, 1.82) is 0 Å². The van der Waals surface area contributed by atoms with Gasteiger partial charge in [-0.2, -0.15) is 4.39 Å². The zero-order valence-corrected chi connectivity index (χ0v) is 9.00. The summed E-state index contributed by atoms with van der Waals surface area (Å²) in [6.45, 7) is 1.85. The lowest BCUT2D eigenvalue weighted by Gasteiger charge is -2.05. The number of halogens is 2.